The van der Waals surface area contributed by atoms with Gasteiger partial charge in [0, 0.05) is 23.0 Å². The normalized spacial score (nSPS) is 12.7. The lowest BCUT2D eigenvalue weighted by molar-refractivity contribution is 0.772. The quantitative estimate of drug-likeness (QED) is 0.110. The molecule has 0 saturated heterocycles. The molecule has 1 aliphatic carbocycles. The number of benzene rings is 10. The molecular weight excluding hydrogens is 711 g/mol. The molecule has 0 radical (unpaired) electrons. The van der Waals surface area contributed by atoms with E-state index in [-0.39, 0.29) is 5.92 Å². The van der Waals surface area contributed by atoms with E-state index in [4.69, 9.17) is 0 Å². The van der Waals surface area contributed by atoms with Gasteiger partial charge in [-0.2, -0.15) is 0 Å². The molecule has 1 nitrogen and oxygen atoms in total. The third-order valence-electron chi connectivity index (χ3n) is 12.4. The van der Waals surface area contributed by atoms with E-state index in [1.807, 2.05) is 0 Å². The van der Waals surface area contributed by atoms with Gasteiger partial charge in [-0.15, -0.1) is 0 Å². The van der Waals surface area contributed by atoms with Crippen molar-refractivity contribution in [1.82, 2.24) is 0 Å². The smallest absolute Gasteiger partial charge is 0.0719 e. The van der Waals surface area contributed by atoms with Crippen LogP contribution in [0.1, 0.15) is 44.9 Å². The number of hydrogen-bond acceptors (Lipinski definition) is 1. The minimum absolute atomic E-state index is 0.0636. The maximum Gasteiger partial charge on any atom is 0.0719 e. The van der Waals surface area contributed by atoms with Crippen LogP contribution in [0.25, 0.3) is 32.7 Å². The fourth-order valence-corrected chi connectivity index (χ4v) is 10.0. The standard InChI is InChI=1S/C58H41N/c1-7-21-41(22-8-1)55(42-23-9-2-10-24-42)43-35-37-52-54(39-43)58(44-25-11-3-12-26-44,45-27-13-4-14-28-45)57-51-38-36-48(40-53(51)49-33-19-20-34-50(49)56(52)57)59(46-29-15-5-16-30-46)47-31-17-6-18-32-47/h1-40,55H. The maximum atomic E-state index is 2.54. The third-order valence-corrected chi connectivity index (χ3v) is 12.4. The number of anilines is 3. The van der Waals surface area contributed by atoms with Gasteiger partial charge in [0.2, 0.25) is 0 Å². The average Bonchev–Trinajstić information content (AvgIpc) is 3.63. The summed E-state index contributed by atoms with van der Waals surface area (Å²) in [6, 6.07) is 89.4. The Balaban J connectivity index is 1.26. The van der Waals surface area contributed by atoms with Crippen LogP contribution in [0.15, 0.2) is 243 Å². The van der Waals surface area contributed by atoms with Gasteiger partial charge in [-0.3, -0.25) is 0 Å². The molecule has 0 amide bonds. The predicted octanol–water partition coefficient (Wildman–Crippen LogP) is 15.0. The predicted molar refractivity (Wildman–Crippen MR) is 247 cm³/mol. The summed E-state index contributed by atoms with van der Waals surface area (Å²) >= 11 is 0. The molecule has 0 N–H and O–H groups in total. The second kappa shape index (κ2) is 14.5. The van der Waals surface area contributed by atoms with Crippen LogP contribution in [0, 0.1) is 0 Å². The lowest BCUT2D eigenvalue weighted by atomic mass is 9.66. The fraction of sp³-hybridized carbons (Fsp3) is 0.0345. The molecular formula is C58H41N. The number of rotatable bonds is 8. The summed E-state index contributed by atoms with van der Waals surface area (Å²) in [5.41, 5.74) is 14.4. The summed E-state index contributed by atoms with van der Waals surface area (Å²) in [6.45, 7) is 0. The molecule has 0 atom stereocenters. The van der Waals surface area contributed by atoms with Crippen molar-refractivity contribution in [3.63, 3.8) is 0 Å². The maximum absolute atomic E-state index is 2.54. The van der Waals surface area contributed by atoms with Gasteiger partial charge in [0.25, 0.3) is 0 Å². The SMILES string of the molecule is c1ccc(C(c2ccccc2)c2ccc3c(c2)C(c2ccccc2)(c2ccccc2)c2c-3c3ccccc3c3cc(N(c4ccccc4)c4ccccc4)ccc23)cc1. The largest absolute Gasteiger partial charge is 0.310 e. The molecule has 0 heterocycles. The Bertz CT molecular complexity index is 2950. The van der Waals surface area contributed by atoms with Crippen LogP contribution < -0.4 is 4.90 Å². The number of hydrogen-bond donors (Lipinski definition) is 0. The van der Waals surface area contributed by atoms with Crippen molar-refractivity contribution in [3.8, 4) is 11.1 Å². The van der Waals surface area contributed by atoms with Gasteiger partial charge >= 0.3 is 0 Å². The number of para-hydroxylation sites is 2. The summed E-state index contributed by atoms with van der Waals surface area (Å²) in [7, 11) is 0. The van der Waals surface area contributed by atoms with Gasteiger partial charge in [-0.1, -0.05) is 206 Å². The van der Waals surface area contributed by atoms with Crippen LogP contribution in [-0.4, -0.2) is 0 Å². The summed E-state index contributed by atoms with van der Waals surface area (Å²) in [6.07, 6.45) is 0. The number of nitrogens with zero attached hydrogens (tertiary/aromatic N) is 1. The molecule has 1 heteroatoms. The van der Waals surface area contributed by atoms with E-state index >= 15 is 0 Å². The van der Waals surface area contributed by atoms with Gasteiger partial charge in [-0.25, -0.2) is 0 Å². The Hall–Kier alpha value is -7.48. The second-order valence-corrected chi connectivity index (χ2v) is 15.6. The molecule has 0 saturated carbocycles. The zero-order valence-electron chi connectivity index (χ0n) is 32.6. The highest BCUT2D eigenvalue weighted by Gasteiger charge is 2.48. The summed E-state index contributed by atoms with van der Waals surface area (Å²) in [5.74, 6) is 0.0636. The van der Waals surface area contributed by atoms with Crippen molar-refractivity contribution in [2.24, 2.45) is 0 Å². The van der Waals surface area contributed by atoms with Crippen molar-refractivity contribution in [1.29, 1.82) is 0 Å². The topological polar surface area (TPSA) is 3.24 Å². The Morgan fingerprint density at radius 1 is 0.322 bits per heavy atom. The molecule has 0 aliphatic heterocycles. The average molecular weight is 752 g/mol. The fourth-order valence-electron chi connectivity index (χ4n) is 10.0. The van der Waals surface area contributed by atoms with E-state index in [1.165, 1.54) is 71.6 Å². The molecule has 278 valence electrons. The molecule has 1 aliphatic rings. The van der Waals surface area contributed by atoms with E-state index in [1.54, 1.807) is 0 Å². The Morgan fingerprint density at radius 3 is 1.34 bits per heavy atom. The molecule has 0 unspecified atom stereocenters. The lowest BCUT2D eigenvalue weighted by Crippen LogP contribution is -2.29. The van der Waals surface area contributed by atoms with Crippen LogP contribution >= 0.6 is 0 Å². The molecule has 0 bridgehead atoms. The van der Waals surface area contributed by atoms with Crippen molar-refractivity contribution in [2.75, 3.05) is 4.90 Å². The van der Waals surface area contributed by atoms with Gasteiger partial charge in [-0.05, 0) is 108 Å². The van der Waals surface area contributed by atoms with Gasteiger partial charge in [0.15, 0.2) is 0 Å². The van der Waals surface area contributed by atoms with Crippen molar-refractivity contribution in [2.45, 2.75) is 11.3 Å². The Morgan fingerprint density at radius 2 is 0.797 bits per heavy atom. The summed E-state index contributed by atoms with van der Waals surface area (Å²) in [4.78, 5) is 2.37. The molecule has 10 aromatic carbocycles. The van der Waals surface area contributed by atoms with Gasteiger partial charge in [0.05, 0.1) is 5.41 Å². The highest BCUT2D eigenvalue weighted by Crippen LogP contribution is 2.61. The summed E-state index contributed by atoms with van der Waals surface area (Å²) < 4.78 is 0. The van der Waals surface area contributed by atoms with Crippen molar-refractivity contribution in [3.05, 3.63) is 282 Å². The molecule has 0 aromatic heterocycles. The molecule has 10 aromatic rings. The van der Waals surface area contributed by atoms with Crippen LogP contribution in [0.2, 0.25) is 0 Å². The van der Waals surface area contributed by atoms with Crippen molar-refractivity contribution < 1.29 is 0 Å². The van der Waals surface area contributed by atoms with E-state index in [2.05, 4.69) is 248 Å². The van der Waals surface area contributed by atoms with Crippen LogP contribution in [0.5, 0.6) is 0 Å². The van der Waals surface area contributed by atoms with E-state index in [9.17, 15) is 0 Å². The lowest BCUT2D eigenvalue weighted by Gasteiger charge is -2.35. The summed E-state index contributed by atoms with van der Waals surface area (Å²) in [5, 5.41) is 5.02. The minimum Gasteiger partial charge on any atom is -0.310 e. The van der Waals surface area contributed by atoms with Gasteiger partial charge < -0.3 is 4.90 Å². The first-order valence-electron chi connectivity index (χ1n) is 20.6. The highest BCUT2D eigenvalue weighted by molar-refractivity contribution is 6.20. The van der Waals surface area contributed by atoms with Crippen molar-refractivity contribution >= 4 is 38.6 Å². The number of fused-ring (bicyclic) bond motifs is 8. The zero-order valence-corrected chi connectivity index (χ0v) is 32.6. The Kier molecular flexibility index (Phi) is 8.52. The first-order chi connectivity index (χ1) is 29.3. The molecule has 11 rings (SSSR count). The van der Waals surface area contributed by atoms with Crippen LogP contribution in [0.4, 0.5) is 17.1 Å². The van der Waals surface area contributed by atoms with E-state index < -0.39 is 5.41 Å². The highest BCUT2D eigenvalue weighted by atomic mass is 15.1. The molecule has 0 fully saturated rings. The first kappa shape index (κ1) is 34.7. The second-order valence-electron chi connectivity index (χ2n) is 15.6. The van der Waals surface area contributed by atoms with Crippen LogP contribution in [-0.2, 0) is 5.41 Å². The van der Waals surface area contributed by atoms with E-state index in [0.29, 0.717) is 0 Å². The first-order valence-corrected chi connectivity index (χ1v) is 20.6. The van der Waals surface area contributed by atoms with Crippen LogP contribution in [0.3, 0.4) is 0 Å². The monoisotopic (exact) mass is 751 g/mol. The molecule has 59 heavy (non-hydrogen) atoms. The third kappa shape index (κ3) is 5.62. The van der Waals surface area contributed by atoms with E-state index in [0.717, 1.165) is 17.1 Å². The zero-order chi connectivity index (χ0) is 39.2. The Labute approximate surface area is 346 Å². The minimum atomic E-state index is -0.608. The van der Waals surface area contributed by atoms with Gasteiger partial charge in [0.1, 0.15) is 0 Å². The molecule has 0 spiro atoms.